The lowest BCUT2D eigenvalue weighted by Gasteiger charge is -2.24. The van der Waals surface area contributed by atoms with Crippen LogP contribution in [0.25, 0.3) is 0 Å². The minimum absolute atomic E-state index is 0.00834. The van der Waals surface area contributed by atoms with Crippen molar-refractivity contribution in [3.63, 3.8) is 0 Å². The standard InChI is InChI=1S/C15H19NO2/c1-11(12-5-3-2-4-6-12)16-9-13-7-8-18-15(17)14(13)10-16/h2-6,11,13-14H,7-10H2,1H3/t11-,13?,14?/m1/s1. The highest BCUT2D eigenvalue weighted by Gasteiger charge is 2.42. The summed E-state index contributed by atoms with van der Waals surface area (Å²) >= 11 is 0. The summed E-state index contributed by atoms with van der Waals surface area (Å²) in [7, 11) is 0. The average molecular weight is 245 g/mol. The highest BCUT2D eigenvalue weighted by atomic mass is 16.5. The van der Waals surface area contributed by atoms with Gasteiger partial charge < -0.3 is 4.74 Å². The van der Waals surface area contributed by atoms with Crippen LogP contribution >= 0.6 is 0 Å². The number of fused-ring (bicyclic) bond motifs is 1. The lowest BCUT2D eigenvalue weighted by Crippen LogP contribution is -2.31. The molecule has 0 radical (unpaired) electrons. The number of ether oxygens (including phenoxy) is 1. The number of hydrogen-bond acceptors (Lipinski definition) is 3. The molecule has 3 nitrogen and oxygen atoms in total. The molecule has 0 amide bonds. The number of esters is 1. The predicted octanol–water partition coefficient (Wildman–Crippen LogP) is 2.24. The normalized spacial score (nSPS) is 29.7. The van der Waals surface area contributed by atoms with Gasteiger partial charge in [-0.2, -0.15) is 0 Å². The Balaban J connectivity index is 1.73. The number of benzene rings is 1. The number of nitrogens with zero attached hydrogens (tertiary/aromatic N) is 1. The maximum atomic E-state index is 11.7. The van der Waals surface area contributed by atoms with Crippen molar-refractivity contribution >= 4 is 5.97 Å². The van der Waals surface area contributed by atoms with Crippen LogP contribution in [0.1, 0.15) is 24.9 Å². The van der Waals surface area contributed by atoms with Crippen LogP contribution in [-0.4, -0.2) is 30.6 Å². The van der Waals surface area contributed by atoms with Gasteiger partial charge in [-0.3, -0.25) is 9.69 Å². The summed E-state index contributed by atoms with van der Waals surface area (Å²) in [5.74, 6) is 0.608. The predicted molar refractivity (Wildman–Crippen MR) is 69.0 cm³/mol. The van der Waals surface area contributed by atoms with Gasteiger partial charge in [0.1, 0.15) is 0 Å². The Labute approximate surface area is 108 Å². The van der Waals surface area contributed by atoms with E-state index in [1.807, 2.05) is 6.07 Å². The van der Waals surface area contributed by atoms with Gasteiger partial charge in [0.25, 0.3) is 0 Å². The molecule has 3 rings (SSSR count). The van der Waals surface area contributed by atoms with E-state index in [-0.39, 0.29) is 11.9 Å². The number of likely N-dealkylation sites (tertiary alicyclic amines) is 1. The van der Waals surface area contributed by atoms with Crippen molar-refractivity contribution in [3.05, 3.63) is 35.9 Å². The minimum atomic E-state index is 0.00834. The molecule has 0 bridgehead atoms. The molecule has 0 N–H and O–H groups in total. The van der Waals surface area contributed by atoms with Crippen molar-refractivity contribution in [2.45, 2.75) is 19.4 Å². The van der Waals surface area contributed by atoms with Gasteiger partial charge in [0.2, 0.25) is 0 Å². The molecule has 0 aromatic heterocycles. The van der Waals surface area contributed by atoms with E-state index in [2.05, 4.69) is 36.1 Å². The van der Waals surface area contributed by atoms with Gasteiger partial charge in [-0.1, -0.05) is 30.3 Å². The first-order valence-corrected chi connectivity index (χ1v) is 6.71. The second-order valence-corrected chi connectivity index (χ2v) is 5.36. The third kappa shape index (κ3) is 2.03. The molecule has 1 aromatic carbocycles. The van der Waals surface area contributed by atoms with Crippen molar-refractivity contribution in [1.29, 1.82) is 0 Å². The second-order valence-electron chi connectivity index (χ2n) is 5.36. The number of rotatable bonds is 2. The SMILES string of the molecule is C[C@H](c1ccccc1)N1CC2CCOC(=O)C2C1. The average Bonchev–Trinajstić information content (AvgIpc) is 2.84. The van der Waals surface area contributed by atoms with Crippen LogP contribution < -0.4 is 0 Å². The zero-order valence-electron chi connectivity index (χ0n) is 10.7. The fraction of sp³-hybridized carbons (Fsp3) is 0.533. The number of hydrogen-bond donors (Lipinski definition) is 0. The molecule has 2 fully saturated rings. The Morgan fingerprint density at radius 2 is 2.06 bits per heavy atom. The Morgan fingerprint density at radius 3 is 2.78 bits per heavy atom. The van der Waals surface area contributed by atoms with E-state index >= 15 is 0 Å². The number of carbonyl (C=O) groups is 1. The molecule has 18 heavy (non-hydrogen) atoms. The van der Waals surface area contributed by atoms with Crippen LogP contribution in [0.5, 0.6) is 0 Å². The zero-order chi connectivity index (χ0) is 12.5. The molecule has 96 valence electrons. The van der Waals surface area contributed by atoms with Crippen molar-refractivity contribution in [1.82, 2.24) is 4.90 Å². The molecule has 0 spiro atoms. The van der Waals surface area contributed by atoms with Gasteiger partial charge in [0.15, 0.2) is 0 Å². The van der Waals surface area contributed by atoms with Crippen molar-refractivity contribution in [2.75, 3.05) is 19.7 Å². The first-order chi connectivity index (χ1) is 8.75. The molecule has 2 heterocycles. The summed E-state index contributed by atoms with van der Waals surface area (Å²) in [5, 5.41) is 0. The van der Waals surface area contributed by atoms with Crippen LogP contribution in [0.4, 0.5) is 0 Å². The molecule has 2 unspecified atom stereocenters. The minimum Gasteiger partial charge on any atom is -0.465 e. The van der Waals surface area contributed by atoms with E-state index in [1.165, 1.54) is 5.56 Å². The van der Waals surface area contributed by atoms with Crippen molar-refractivity contribution < 1.29 is 9.53 Å². The third-order valence-corrected chi connectivity index (χ3v) is 4.33. The summed E-state index contributed by atoms with van der Waals surface area (Å²) in [6.07, 6.45) is 1.02. The molecule has 0 saturated carbocycles. The van der Waals surface area contributed by atoms with Gasteiger partial charge in [-0.05, 0) is 24.8 Å². The van der Waals surface area contributed by atoms with E-state index in [9.17, 15) is 4.79 Å². The van der Waals surface area contributed by atoms with Crippen LogP contribution in [0.2, 0.25) is 0 Å². The smallest absolute Gasteiger partial charge is 0.310 e. The van der Waals surface area contributed by atoms with Crippen molar-refractivity contribution in [3.8, 4) is 0 Å². The third-order valence-electron chi connectivity index (χ3n) is 4.33. The molecule has 3 atom stereocenters. The summed E-state index contributed by atoms with van der Waals surface area (Å²) in [5.41, 5.74) is 1.32. The first kappa shape index (κ1) is 11.7. The molecule has 1 aromatic rings. The largest absolute Gasteiger partial charge is 0.465 e. The topological polar surface area (TPSA) is 29.5 Å². The molecule has 2 aliphatic rings. The summed E-state index contributed by atoms with van der Waals surface area (Å²) in [6, 6.07) is 10.9. The fourth-order valence-corrected chi connectivity index (χ4v) is 3.14. The molecular formula is C15H19NO2. The Kier molecular flexibility index (Phi) is 3.08. The van der Waals surface area contributed by atoms with E-state index in [4.69, 9.17) is 4.74 Å². The molecule has 2 aliphatic heterocycles. The molecule has 3 heteroatoms. The second kappa shape index (κ2) is 4.73. The Bertz CT molecular complexity index is 431. The number of cyclic esters (lactones) is 1. The maximum absolute atomic E-state index is 11.7. The summed E-state index contributed by atoms with van der Waals surface area (Å²) in [6.45, 7) is 4.70. The lowest BCUT2D eigenvalue weighted by atomic mass is 9.91. The Morgan fingerprint density at radius 1 is 1.28 bits per heavy atom. The molecular weight excluding hydrogens is 226 g/mol. The van der Waals surface area contributed by atoms with Crippen molar-refractivity contribution in [2.24, 2.45) is 11.8 Å². The van der Waals surface area contributed by atoms with Crippen LogP contribution in [0.3, 0.4) is 0 Å². The van der Waals surface area contributed by atoms with E-state index in [1.54, 1.807) is 0 Å². The van der Waals surface area contributed by atoms with Crippen LogP contribution in [-0.2, 0) is 9.53 Å². The zero-order valence-corrected chi connectivity index (χ0v) is 10.7. The quantitative estimate of drug-likeness (QED) is 0.748. The lowest BCUT2D eigenvalue weighted by molar-refractivity contribution is -0.154. The van der Waals surface area contributed by atoms with Gasteiger partial charge in [0.05, 0.1) is 12.5 Å². The highest BCUT2D eigenvalue weighted by Crippen LogP contribution is 2.35. The summed E-state index contributed by atoms with van der Waals surface area (Å²) in [4.78, 5) is 14.1. The fourth-order valence-electron chi connectivity index (χ4n) is 3.14. The van der Waals surface area contributed by atoms with Crippen LogP contribution in [0.15, 0.2) is 30.3 Å². The molecule has 0 aliphatic carbocycles. The van der Waals surface area contributed by atoms with Gasteiger partial charge in [0, 0.05) is 19.1 Å². The van der Waals surface area contributed by atoms with E-state index in [0.29, 0.717) is 18.6 Å². The van der Waals surface area contributed by atoms with E-state index < -0.39 is 0 Å². The van der Waals surface area contributed by atoms with Gasteiger partial charge in [-0.25, -0.2) is 0 Å². The first-order valence-electron chi connectivity index (χ1n) is 6.71. The number of carbonyl (C=O) groups excluding carboxylic acids is 1. The monoisotopic (exact) mass is 245 g/mol. The van der Waals surface area contributed by atoms with Gasteiger partial charge in [-0.15, -0.1) is 0 Å². The molecule has 2 saturated heterocycles. The summed E-state index contributed by atoms with van der Waals surface area (Å²) < 4.78 is 5.16. The van der Waals surface area contributed by atoms with E-state index in [0.717, 1.165) is 19.5 Å². The highest BCUT2D eigenvalue weighted by molar-refractivity contribution is 5.74. The van der Waals surface area contributed by atoms with Gasteiger partial charge >= 0.3 is 5.97 Å². The maximum Gasteiger partial charge on any atom is 0.310 e. The van der Waals surface area contributed by atoms with Crippen LogP contribution in [0, 0.1) is 11.8 Å². The Hall–Kier alpha value is -1.35.